The van der Waals surface area contributed by atoms with Crippen molar-refractivity contribution in [1.82, 2.24) is 20.3 Å². The molecule has 0 aliphatic heterocycles. The second-order valence-corrected chi connectivity index (χ2v) is 5.97. The van der Waals surface area contributed by atoms with Gasteiger partial charge in [0.25, 0.3) is 0 Å². The van der Waals surface area contributed by atoms with E-state index in [1.165, 1.54) is 18.9 Å². The lowest BCUT2D eigenvalue weighted by atomic mass is 10.3. The molecule has 0 spiro atoms. The van der Waals surface area contributed by atoms with E-state index in [1.807, 2.05) is 6.20 Å². The van der Waals surface area contributed by atoms with Gasteiger partial charge in [0, 0.05) is 23.3 Å². The molecule has 1 aromatic carbocycles. The van der Waals surface area contributed by atoms with Crippen molar-refractivity contribution in [2.24, 2.45) is 0 Å². The molecular formula is C14H16BrFN4O. The molecule has 0 unspecified atom stereocenters. The normalized spacial score (nSPS) is 14.4. The summed E-state index contributed by atoms with van der Waals surface area (Å²) in [6.45, 7) is 1.61. The van der Waals surface area contributed by atoms with Crippen LogP contribution in [0.4, 0.5) is 4.39 Å². The zero-order valence-corrected chi connectivity index (χ0v) is 13.0. The average Bonchev–Trinajstić information content (AvgIpc) is 3.20. The van der Waals surface area contributed by atoms with E-state index in [0.29, 0.717) is 19.2 Å². The van der Waals surface area contributed by atoms with Gasteiger partial charge in [-0.05, 0) is 31.0 Å². The van der Waals surface area contributed by atoms with Crippen molar-refractivity contribution in [3.8, 4) is 5.75 Å². The number of hydrogen-bond acceptors (Lipinski definition) is 4. The number of benzene rings is 1. The molecule has 3 rings (SSSR count). The molecule has 112 valence electrons. The van der Waals surface area contributed by atoms with E-state index < -0.39 is 0 Å². The van der Waals surface area contributed by atoms with E-state index in [4.69, 9.17) is 4.74 Å². The Kier molecular flexibility index (Phi) is 4.50. The Hall–Kier alpha value is -1.47. The van der Waals surface area contributed by atoms with E-state index in [9.17, 15) is 4.39 Å². The van der Waals surface area contributed by atoms with Gasteiger partial charge in [0.05, 0.1) is 12.2 Å². The lowest BCUT2D eigenvalue weighted by Gasteiger charge is -2.07. The maximum atomic E-state index is 13.5. The molecule has 1 N–H and O–H groups in total. The van der Waals surface area contributed by atoms with Crippen LogP contribution in [-0.4, -0.2) is 27.6 Å². The molecule has 1 fully saturated rings. The molecule has 5 nitrogen and oxygen atoms in total. The van der Waals surface area contributed by atoms with Crippen LogP contribution in [0.5, 0.6) is 5.75 Å². The quantitative estimate of drug-likeness (QED) is 0.829. The van der Waals surface area contributed by atoms with Crippen LogP contribution in [0.25, 0.3) is 0 Å². The molecule has 1 aromatic heterocycles. The predicted octanol–water partition coefficient (Wildman–Crippen LogP) is 2.51. The van der Waals surface area contributed by atoms with Gasteiger partial charge in [0.15, 0.2) is 11.6 Å². The van der Waals surface area contributed by atoms with Crippen molar-refractivity contribution in [2.45, 2.75) is 32.0 Å². The minimum Gasteiger partial charge on any atom is -0.489 e. The number of hydrogen-bond donors (Lipinski definition) is 1. The van der Waals surface area contributed by atoms with Crippen LogP contribution < -0.4 is 10.1 Å². The molecule has 1 aliphatic carbocycles. The summed E-state index contributed by atoms with van der Waals surface area (Å²) in [7, 11) is 0. The van der Waals surface area contributed by atoms with Gasteiger partial charge in [-0.2, -0.15) is 0 Å². The first-order valence-corrected chi connectivity index (χ1v) is 7.70. The first-order valence-electron chi connectivity index (χ1n) is 6.91. The smallest absolute Gasteiger partial charge is 0.165 e. The Balaban J connectivity index is 1.47. The molecule has 1 saturated carbocycles. The van der Waals surface area contributed by atoms with Gasteiger partial charge >= 0.3 is 0 Å². The molecule has 0 amide bonds. The van der Waals surface area contributed by atoms with Crippen LogP contribution in [0.1, 0.15) is 18.5 Å². The Morgan fingerprint density at radius 2 is 2.29 bits per heavy atom. The SMILES string of the molecule is Fc1ccc(Br)cc1OCCn1cc(CNC2CC2)nn1. The highest BCUT2D eigenvalue weighted by Gasteiger charge is 2.20. The van der Waals surface area contributed by atoms with Crippen LogP contribution >= 0.6 is 15.9 Å². The van der Waals surface area contributed by atoms with Gasteiger partial charge in [-0.15, -0.1) is 5.10 Å². The molecule has 1 heterocycles. The summed E-state index contributed by atoms with van der Waals surface area (Å²) in [5, 5.41) is 11.5. The third-order valence-corrected chi connectivity index (χ3v) is 3.70. The van der Waals surface area contributed by atoms with E-state index in [1.54, 1.807) is 16.8 Å². The molecular weight excluding hydrogens is 339 g/mol. The third kappa shape index (κ3) is 4.25. The van der Waals surface area contributed by atoms with Gasteiger partial charge in [0.2, 0.25) is 0 Å². The van der Waals surface area contributed by atoms with Crippen LogP contribution in [0, 0.1) is 5.82 Å². The predicted molar refractivity (Wildman–Crippen MR) is 79.5 cm³/mol. The fourth-order valence-electron chi connectivity index (χ4n) is 1.90. The zero-order chi connectivity index (χ0) is 14.7. The van der Waals surface area contributed by atoms with Crippen LogP contribution in [-0.2, 0) is 13.1 Å². The van der Waals surface area contributed by atoms with Crippen LogP contribution in [0.3, 0.4) is 0 Å². The fourth-order valence-corrected chi connectivity index (χ4v) is 2.24. The lowest BCUT2D eigenvalue weighted by molar-refractivity contribution is 0.276. The standard InChI is InChI=1S/C14H16BrFN4O/c15-10-1-4-13(16)14(7-10)21-6-5-20-9-12(18-19-20)8-17-11-2-3-11/h1,4,7,9,11,17H,2-3,5-6,8H2. The van der Waals surface area contributed by atoms with E-state index in [0.717, 1.165) is 16.7 Å². The Morgan fingerprint density at radius 1 is 1.43 bits per heavy atom. The summed E-state index contributed by atoms with van der Waals surface area (Å²) < 4.78 is 21.4. The number of ether oxygens (including phenoxy) is 1. The van der Waals surface area contributed by atoms with Gasteiger partial charge in [-0.25, -0.2) is 9.07 Å². The Morgan fingerprint density at radius 3 is 3.10 bits per heavy atom. The van der Waals surface area contributed by atoms with Crippen molar-refractivity contribution in [3.63, 3.8) is 0 Å². The molecule has 2 aromatic rings. The summed E-state index contributed by atoms with van der Waals surface area (Å²) in [5.74, 6) is -0.133. The fraction of sp³-hybridized carbons (Fsp3) is 0.429. The first-order chi connectivity index (χ1) is 10.2. The number of rotatable bonds is 7. The number of halogens is 2. The maximum absolute atomic E-state index is 13.5. The molecule has 1 aliphatic rings. The molecule has 0 bridgehead atoms. The highest BCUT2D eigenvalue weighted by atomic mass is 79.9. The number of aromatic nitrogens is 3. The molecule has 21 heavy (non-hydrogen) atoms. The lowest BCUT2D eigenvalue weighted by Crippen LogP contribution is -2.15. The topological polar surface area (TPSA) is 52.0 Å². The Labute approximate surface area is 130 Å². The van der Waals surface area contributed by atoms with Crippen molar-refractivity contribution < 1.29 is 9.13 Å². The van der Waals surface area contributed by atoms with Gasteiger partial charge in [-0.3, -0.25) is 0 Å². The maximum Gasteiger partial charge on any atom is 0.165 e. The highest BCUT2D eigenvalue weighted by Crippen LogP contribution is 2.22. The second-order valence-electron chi connectivity index (χ2n) is 5.05. The van der Waals surface area contributed by atoms with Crippen molar-refractivity contribution in [3.05, 3.63) is 40.4 Å². The largest absolute Gasteiger partial charge is 0.489 e. The highest BCUT2D eigenvalue weighted by molar-refractivity contribution is 9.10. The van der Waals surface area contributed by atoms with Crippen molar-refractivity contribution in [1.29, 1.82) is 0 Å². The molecule has 0 radical (unpaired) electrons. The van der Waals surface area contributed by atoms with Gasteiger partial charge < -0.3 is 10.1 Å². The van der Waals surface area contributed by atoms with Gasteiger partial charge in [-0.1, -0.05) is 21.1 Å². The molecule has 0 atom stereocenters. The van der Waals surface area contributed by atoms with Gasteiger partial charge in [0.1, 0.15) is 6.61 Å². The summed E-state index contributed by atoms with van der Waals surface area (Å²) in [6, 6.07) is 5.27. The minimum atomic E-state index is -0.369. The summed E-state index contributed by atoms with van der Waals surface area (Å²) >= 11 is 3.29. The summed E-state index contributed by atoms with van der Waals surface area (Å²) in [6.07, 6.45) is 4.39. The number of nitrogens with one attached hydrogen (secondary N) is 1. The van der Waals surface area contributed by atoms with E-state index in [-0.39, 0.29) is 11.6 Å². The molecule has 7 heteroatoms. The first kappa shape index (κ1) is 14.5. The third-order valence-electron chi connectivity index (χ3n) is 3.21. The summed E-state index contributed by atoms with van der Waals surface area (Å²) in [4.78, 5) is 0. The second kappa shape index (κ2) is 6.53. The van der Waals surface area contributed by atoms with E-state index >= 15 is 0 Å². The Bertz CT molecular complexity index is 615. The average molecular weight is 355 g/mol. The van der Waals surface area contributed by atoms with Crippen LogP contribution in [0.2, 0.25) is 0 Å². The van der Waals surface area contributed by atoms with Crippen molar-refractivity contribution >= 4 is 15.9 Å². The van der Waals surface area contributed by atoms with E-state index in [2.05, 4.69) is 31.6 Å². The minimum absolute atomic E-state index is 0.236. The van der Waals surface area contributed by atoms with Crippen molar-refractivity contribution in [2.75, 3.05) is 6.61 Å². The van der Waals surface area contributed by atoms with Crippen LogP contribution in [0.15, 0.2) is 28.9 Å². The summed E-state index contributed by atoms with van der Waals surface area (Å²) in [5.41, 5.74) is 0.913. The molecule has 0 saturated heterocycles. The number of nitrogens with zero attached hydrogens (tertiary/aromatic N) is 3. The monoisotopic (exact) mass is 354 g/mol. The zero-order valence-electron chi connectivity index (χ0n) is 11.4.